The molecule has 1 aliphatic carbocycles. The van der Waals surface area contributed by atoms with Crippen LogP contribution < -0.4 is 0 Å². The van der Waals surface area contributed by atoms with Crippen LogP contribution in [0.2, 0.25) is 0 Å². The molecule has 1 saturated carbocycles. The van der Waals surface area contributed by atoms with Gasteiger partial charge in [0.25, 0.3) is 0 Å². The fraction of sp³-hybridized carbons (Fsp3) is 0.294. The molecular formula is C17H17N3O4S. The maximum Gasteiger partial charge on any atom is 0.352 e. The van der Waals surface area contributed by atoms with Crippen molar-refractivity contribution in [2.45, 2.75) is 30.3 Å². The van der Waals surface area contributed by atoms with E-state index in [1.54, 1.807) is 24.3 Å². The molecule has 3 rings (SSSR count). The van der Waals surface area contributed by atoms with Crippen LogP contribution in [0, 0.1) is 11.3 Å². The van der Waals surface area contributed by atoms with Gasteiger partial charge in [-0.25, -0.2) is 13.2 Å². The van der Waals surface area contributed by atoms with Gasteiger partial charge in [-0.05, 0) is 24.5 Å². The van der Waals surface area contributed by atoms with Crippen LogP contribution in [0.1, 0.15) is 34.9 Å². The lowest BCUT2D eigenvalue weighted by Crippen LogP contribution is -2.30. The molecule has 0 spiro atoms. The number of carboxylic acids is 1. The zero-order valence-corrected chi connectivity index (χ0v) is 14.2. The van der Waals surface area contributed by atoms with Gasteiger partial charge in [-0.3, -0.25) is 0 Å². The first-order valence-corrected chi connectivity index (χ1v) is 9.23. The van der Waals surface area contributed by atoms with Crippen LogP contribution >= 0.6 is 0 Å². The molecular weight excluding hydrogens is 342 g/mol. The number of nitriles is 1. The molecule has 0 bridgehead atoms. The second kappa shape index (κ2) is 6.70. The Hall–Kier alpha value is -2.63. The molecule has 8 heteroatoms. The van der Waals surface area contributed by atoms with E-state index in [2.05, 4.69) is 0 Å². The van der Waals surface area contributed by atoms with Crippen molar-refractivity contribution >= 4 is 16.0 Å². The van der Waals surface area contributed by atoms with Crippen LogP contribution in [0.4, 0.5) is 0 Å². The largest absolute Gasteiger partial charge is 0.477 e. The fourth-order valence-corrected chi connectivity index (χ4v) is 4.01. The standard InChI is InChI=1S/C17H17N3O4S/c18-8-9-19(11-13-4-2-1-3-5-13)25(23,24)15-10-16(17(21)22)20(12-15)14-6-7-14/h1-5,10,12,14H,6-7,9,11H2,(H,21,22). The quantitative estimate of drug-likeness (QED) is 0.764. The predicted octanol–water partition coefficient (Wildman–Crippen LogP) is 2.24. The van der Waals surface area contributed by atoms with Crippen molar-refractivity contribution in [1.29, 1.82) is 5.26 Å². The normalized spacial score (nSPS) is 14.4. The SMILES string of the molecule is N#CCN(Cc1ccccc1)S(=O)(=O)c1cc(C(=O)O)n(C2CC2)c1. The Kier molecular flexibility index (Phi) is 4.61. The summed E-state index contributed by atoms with van der Waals surface area (Å²) >= 11 is 0. The van der Waals surface area contributed by atoms with Gasteiger partial charge in [-0.2, -0.15) is 9.57 Å². The van der Waals surface area contributed by atoms with E-state index in [1.807, 2.05) is 12.1 Å². The van der Waals surface area contributed by atoms with E-state index in [1.165, 1.54) is 16.8 Å². The highest BCUT2D eigenvalue weighted by Crippen LogP contribution is 2.37. The lowest BCUT2D eigenvalue weighted by atomic mass is 10.2. The van der Waals surface area contributed by atoms with E-state index in [0.29, 0.717) is 0 Å². The molecule has 0 unspecified atom stereocenters. The Labute approximate surface area is 145 Å². The van der Waals surface area contributed by atoms with Crippen LogP contribution in [0.3, 0.4) is 0 Å². The van der Waals surface area contributed by atoms with Crippen LogP contribution in [-0.2, 0) is 16.6 Å². The monoisotopic (exact) mass is 359 g/mol. The molecule has 1 N–H and O–H groups in total. The van der Waals surface area contributed by atoms with Crippen LogP contribution in [0.15, 0.2) is 47.5 Å². The van der Waals surface area contributed by atoms with E-state index in [9.17, 15) is 18.3 Å². The minimum Gasteiger partial charge on any atom is -0.477 e. The topological polar surface area (TPSA) is 103 Å². The van der Waals surface area contributed by atoms with Gasteiger partial charge in [0.1, 0.15) is 17.1 Å². The smallest absolute Gasteiger partial charge is 0.352 e. The lowest BCUT2D eigenvalue weighted by molar-refractivity contribution is 0.0685. The fourth-order valence-electron chi connectivity index (χ4n) is 2.66. The highest BCUT2D eigenvalue weighted by molar-refractivity contribution is 7.89. The molecule has 0 amide bonds. The molecule has 7 nitrogen and oxygen atoms in total. The number of sulfonamides is 1. The summed E-state index contributed by atoms with van der Waals surface area (Å²) in [5.74, 6) is -1.16. The van der Waals surface area contributed by atoms with Gasteiger partial charge in [0, 0.05) is 18.8 Å². The number of carbonyl (C=O) groups is 1. The van der Waals surface area contributed by atoms with E-state index in [-0.39, 0.29) is 29.7 Å². The van der Waals surface area contributed by atoms with Crippen molar-refractivity contribution in [2.75, 3.05) is 6.54 Å². The Morgan fingerprint density at radius 2 is 2.00 bits per heavy atom. The highest BCUT2D eigenvalue weighted by Gasteiger charge is 2.32. The van der Waals surface area contributed by atoms with Gasteiger partial charge >= 0.3 is 5.97 Å². The van der Waals surface area contributed by atoms with E-state index in [0.717, 1.165) is 22.7 Å². The van der Waals surface area contributed by atoms with Crippen molar-refractivity contribution in [1.82, 2.24) is 8.87 Å². The summed E-state index contributed by atoms with van der Waals surface area (Å²) < 4.78 is 28.4. The van der Waals surface area contributed by atoms with Crippen LogP contribution in [0.25, 0.3) is 0 Å². The number of aromatic nitrogens is 1. The first-order chi connectivity index (χ1) is 11.9. The Morgan fingerprint density at radius 1 is 1.32 bits per heavy atom. The number of nitrogens with zero attached hydrogens (tertiary/aromatic N) is 3. The summed E-state index contributed by atoms with van der Waals surface area (Å²) in [6.07, 6.45) is 3.03. The minimum absolute atomic E-state index is 0.0357. The van der Waals surface area contributed by atoms with E-state index < -0.39 is 16.0 Å². The summed E-state index contributed by atoms with van der Waals surface area (Å²) in [7, 11) is -3.98. The summed E-state index contributed by atoms with van der Waals surface area (Å²) in [6, 6.07) is 12.0. The summed E-state index contributed by atoms with van der Waals surface area (Å²) in [5.41, 5.74) is 0.708. The molecule has 0 saturated heterocycles. The van der Waals surface area contributed by atoms with Crippen LogP contribution in [0.5, 0.6) is 0 Å². The summed E-state index contributed by atoms with van der Waals surface area (Å²) in [6.45, 7) is -0.262. The van der Waals surface area contributed by atoms with Gasteiger partial charge < -0.3 is 9.67 Å². The molecule has 130 valence electrons. The average Bonchev–Trinajstić information content (AvgIpc) is 3.32. The number of hydrogen-bond donors (Lipinski definition) is 1. The van der Waals surface area contributed by atoms with Crippen molar-refractivity contribution in [2.24, 2.45) is 0 Å². The highest BCUT2D eigenvalue weighted by atomic mass is 32.2. The number of carboxylic acid groups (broad SMARTS) is 1. The van der Waals surface area contributed by atoms with Crippen molar-refractivity contribution in [3.8, 4) is 6.07 Å². The summed E-state index contributed by atoms with van der Waals surface area (Å²) in [4.78, 5) is 11.3. The Bertz CT molecular complexity index is 925. The van der Waals surface area contributed by atoms with Gasteiger partial charge in [0.15, 0.2) is 0 Å². The average molecular weight is 359 g/mol. The lowest BCUT2D eigenvalue weighted by Gasteiger charge is -2.18. The maximum absolute atomic E-state index is 12.9. The molecule has 25 heavy (non-hydrogen) atoms. The van der Waals surface area contributed by atoms with Gasteiger partial charge in [0.2, 0.25) is 10.0 Å². The molecule has 1 aliphatic rings. The molecule has 1 fully saturated rings. The third kappa shape index (κ3) is 3.57. The number of aromatic carboxylic acids is 1. The number of rotatable bonds is 7. The van der Waals surface area contributed by atoms with Crippen molar-refractivity contribution < 1.29 is 18.3 Å². The molecule has 2 aromatic rings. The second-order valence-electron chi connectivity index (χ2n) is 5.92. The van der Waals surface area contributed by atoms with Gasteiger partial charge in [-0.1, -0.05) is 30.3 Å². The number of benzene rings is 1. The van der Waals surface area contributed by atoms with Crippen LogP contribution in [-0.4, -0.2) is 34.9 Å². The number of hydrogen-bond acceptors (Lipinski definition) is 4. The van der Waals surface area contributed by atoms with Crippen molar-refractivity contribution in [3.05, 3.63) is 53.9 Å². The first kappa shape index (κ1) is 17.2. The third-order valence-corrected chi connectivity index (χ3v) is 5.83. The molecule has 0 radical (unpaired) electrons. The predicted molar refractivity (Wildman–Crippen MR) is 89.3 cm³/mol. The van der Waals surface area contributed by atoms with E-state index >= 15 is 0 Å². The third-order valence-electron chi connectivity index (χ3n) is 4.07. The molecule has 1 heterocycles. The minimum atomic E-state index is -3.98. The first-order valence-electron chi connectivity index (χ1n) is 7.79. The van der Waals surface area contributed by atoms with Gasteiger partial charge in [-0.15, -0.1) is 0 Å². The maximum atomic E-state index is 12.9. The van der Waals surface area contributed by atoms with E-state index in [4.69, 9.17) is 5.26 Å². The van der Waals surface area contributed by atoms with Gasteiger partial charge in [0.05, 0.1) is 6.07 Å². The zero-order chi connectivity index (χ0) is 18.0. The zero-order valence-electron chi connectivity index (χ0n) is 13.4. The molecule has 1 aromatic heterocycles. The molecule has 1 aromatic carbocycles. The Balaban J connectivity index is 1.96. The van der Waals surface area contributed by atoms with Crippen molar-refractivity contribution in [3.63, 3.8) is 0 Å². The Morgan fingerprint density at radius 3 is 2.56 bits per heavy atom. The summed E-state index contributed by atoms with van der Waals surface area (Å²) in [5, 5.41) is 18.3. The molecule has 0 atom stereocenters. The molecule has 0 aliphatic heterocycles. The second-order valence-corrected chi connectivity index (χ2v) is 7.86.